The number of rotatable bonds is 4. The summed E-state index contributed by atoms with van der Waals surface area (Å²) in [5, 5.41) is 12.4. The Bertz CT molecular complexity index is 436. The number of nitriles is 1. The van der Waals surface area contributed by atoms with Crippen molar-refractivity contribution in [1.29, 1.82) is 5.26 Å². The molecule has 0 aliphatic heterocycles. The molecule has 1 saturated carbocycles. The van der Waals surface area contributed by atoms with Gasteiger partial charge in [-0.1, -0.05) is 15.9 Å². The molecule has 1 aromatic carbocycles. The van der Waals surface area contributed by atoms with E-state index >= 15 is 0 Å². The minimum atomic E-state index is 0.387. The van der Waals surface area contributed by atoms with Crippen molar-refractivity contribution in [2.24, 2.45) is 0 Å². The summed E-state index contributed by atoms with van der Waals surface area (Å²) in [5.41, 5.74) is 1.59. The second kappa shape index (κ2) is 5.52. The van der Waals surface area contributed by atoms with Gasteiger partial charge in [-0.25, -0.2) is 0 Å². The van der Waals surface area contributed by atoms with Crippen LogP contribution in [0.15, 0.2) is 22.7 Å². The van der Waals surface area contributed by atoms with Gasteiger partial charge in [0, 0.05) is 17.1 Å². The van der Waals surface area contributed by atoms with Crippen LogP contribution in [0.1, 0.15) is 25.3 Å². The molecule has 0 unspecified atom stereocenters. The van der Waals surface area contributed by atoms with Crippen molar-refractivity contribution >= 4 is 21.6 Å². The average Bonchev–Trinajstić information content (AvgIpc) is 2.28. The highest BCUT2D eigenvalue weighted by atomic mass is 79.9. The number of ether oxygens (including phenoxy) is 1. The van der Waals surface area contributed by atoms with Gasteiger partial charge in [0.05, 0.1) is 17.4 Å². The summed E-state index contributed by atoms with van der Waals surface area (Å²) in [6.45, 7) is 2.79. The zero-order chi connectivity index (χ0) is 12.3. The molecule has 90 valence electrons. The van der Waals surface area contributed by atoms with Crippen LogP contribution in [0.5, 0.6) is 0 Å². The van der Waals surface area contributed by atoms with E-state index in [-0.39, 0.29) is 0 Å². The average molecular weight is 295 g/mol. The number of nitrogens with zero attached hydrogens (tertiary/aromatic N) is 1. The van der Waals surface area contributed by atoms with E-state index < -0.39 is 0 Å². The first-order valence-corrected chi connectivity index (χ1v) is 6.60. The fourth-order valence-corrected chi connectivity index (χ4v) is 2.37. The minimum absolute atomic E-state index is 0.387. The second-order valence-corrected chi connectivity index (χ2v) is 5.11. The fourth-order valence-electron chi connectivity index (χ4n) is 2.01. The summed E-state index contributed by atoms with van der Waals surface area (Å²) in [6.07, 6.45) is 2.43. The molecule has 0 saturated heterocycles. The van der Waals surface area contributed by atoms with Crippen LogP contribution in [-0.2, 0) is 4.74 Å². The summed E-state index contributed by atoms with van der Waals surface area (Å²) in [5.74, 6) is 0. The lowest BCUT2D eigenvalue weighted by molar-refractivity contribution is 0.00299. The zero-order valence-electron chi connectivity index (χ0n) is 9.74. The lowest BCUT2D eigenvalue weighted by Gasteiger charge is -2.36. The third-order valence-electron chi connectivity index (χ3n) is 2.96. The molecular formula is C13H15BrN2O. The first kappa shape index (κ1) is 12.4. The number of nitrogens with one attached hydrogen (secondary N) is 1. The third-order valence-corrected chi connectivity index (χ3v) is 3.45. The van der Waals surface area contributed by atoms with Gasteiger partial charge in [0.1, 0.15) is 6.07 Å². The van der Waals surface area contributed by atoms with Crippen LogP contribution in [0, 0.1) is 11.3 Å². The highest BCUT2D eigenvalue weighted by Gasteiger charge is 2.29. The molecule has 0 aromatic heterocycles. The van der Waals surface area contributed by atoms with Crippen LogP contribution in [0.2, 0.25) is 0 Å². The lowest BCUT2D eigenvalue weighted by Crippen LogP contribution is -2.40. The van der Waals surface area contributed by atoms with Gasteiger partial charge in [0.2, 0.25) is 0 Å². The van der Waals surface area contributed by atoms with Crippen LogP contribution < -0.4 is 5.32 Å². The SMILES string of the molecule is CCOC1CC(Nc2ccc(Br)cc2C#N)C1. The Morgan fingerprint density at radius 3 is 2.94 bits per heavy atom. The summed E-state index contributed by atoms with van der Waals surface area (Å²) in [4.78, 5) is 0. The molecule has 0 radical (unpaired) electrons. The topological polar surface area (TPSA) is 45.0 Å². The molecule has 3 nitrogen and oxygen atoms in total. The summed E-state index contributed by atoms with van der Waals surface area (Å²) in [7, 11) is 0. The third kappa shape index (κ3) is 2.99. The first-order chi connectivity index (χ1) is 8.22. The van der Waals surface area contributed by atoms with E-state index in [2.05, 4.69) is 27.3 Å². The van der Waals surface area contributed by atoms with E-state index in [0.29, 0.717) is 17.7 Å². The number of benzene rings is 1. The molecule has 0 atom stereocenters. The molecule has 1 fully saturated rings. The fraction of sp³-hybridized carbons (Fsp3) is 0.462. The Balaban J connectivity index is 1.95. The van der Waals surface area contributed by atoms with Gasteiger partial charge in [-0.05, 0) is 38.0 Å². The monoisotopic (exact) mass is 294 g/mol. The van der Waals surface area contributed by atoms with Gasteiger partial charge >= 0.3 is 0 Å². The van der Waals surface area contributed by atoms with Crippen LogP contribution in [0.25, 0.3) is 0 Å². The highest BCUT2D eigenvalue weighted by Crippen LogP contribution is 2.29. The van der Waals surface area contributed by atoms with Crippen LogP contribution >= 0.6 is 15.9 Å². The Hall–Kier alpha value is -1.05. The van der Waals surface area contributed by atoms with E-state index in [1.54, 1.807) is 0 Å². The van der Waals surface area contributed by atoms with Gasteiger partial charge < -0.3 is 10.1 Å². The maximum Gasteiger partial charge on any atom is 0.101 e. The number of halogens is 1. The molecule has 17 heavy (non-hydrogen) atoms. The molecule has 0 heterocycles. The minimum Gasteiger partial charge on any atom is -0.381 e. The van der Waals surface area contributed by atoms with E-state index in [1.807, 2.05) is 25.1 Å². The first-order valence-electron chi connectivity index (χ1n) is 5.80. The van der Waals surface area contributed by atoms with Gasteiger partial charge in [0.25, 0.3) is 0 Å². The summed E-state index contributed by atoms with van der Waals surface area (Å²) >= 11 is 3.37. The van der Waals surface area contributed by atoms with Crippen LogP contribution in [-0.4, -0.2) is 18.8 Å². The Morgan fingerprint density at radius 1 is 1.53 bits per heavy atom. The largest absolute Gasteiger partial charge is 0.381 e. The second-order valence-electron chi connectivity index (χ2n) is 4.19. The van der Waals surface area contributed by atoms with E-state index in [1.165, 1.54) is 0 Å². The van der Waals surface area contributed by atoms with E-state index in [4.69, 9.17) is 10.00 Å². The molecule has 0 bridgehead atoms. The van der Waals surface area contributed by atoms with E-state index in [0.717, 1.165) is 29.6 Å². The lowest BCUT2D eigenvalue weighted by atomic mass is 9.89. The molecule has 1 aliphatic rings. The predicted molar refractivity (Wildman–Crippen MR) is 70.9 cm³/mol. The summed E-state index contributed by atoms with van der Waals surface area (Å²) < 4.78 is 6.44. The van der Waals surface area contributed by atoms with Crippen molar-refractivity contribution in [2.45, 2.75) is 31.9 Å². The highest BCUT2D eigenvalue weighted by molar-refractivity contribution is 9.10. The van der Waals surface area contributed by atoms with Gasteiger partial charge in [-0.3, -0.25) is 0 Å². The molecule has 4 heteroatoms. The number of hydrogen-bond donors (Lipinski definition) is 1. The van der Waals surface area contributed by atoms with E-state index in [9.17, 15) is 0 Å². The molecule has 2 rings (SSSR count). The molecular weight excluding hydrogens is 280 g/mol. The van der Waals surface area contributed by atoms with Crippen molar-refractivity contribution in [3.05, 3.63) is 28.2 Å². The molecule has 1 aromatic rings. The maximum absolute atomic E-state index is 9.05. The Labute approximate surface area is 110 Å². The normalized spacial score (nSPS) is 22.6. The zero-order valence-corrected chi connectivity index (χ0v) is 11.3. The van der Waals surface area contributed by atoms with Crippen LogP contribution in [0.4, 0.5) is 5.69 Å². The molecule has 1 aliphatic carbocycles. The van der Waals surface area contributed by atoms with Gasteiger partial charge in [-0.2, -0.15) is 5.26 Å². The Morgan fingerprint density at radius 2 is 2.29 bits per heavy atom. The number of anilines is 1. The maximum atomic E-state index is 9.05. The number of hydrogen-bond acceptors (Lipinski definition) is 3. The van der Waals surface area contributed by atoms with Crippen molar-refractivity contribution < 1.29 is 4.74 Å². The quantitative estimate of drug-likeness (QED) is 0.927. The predicted octanol–water partition coefficient (Wildman–Crippen LogP) is 3.30. The van der Waals surface area contributed by atoms with Gasteiger partial charge in [-0.15, -0.1) is 0 Å². The molecule has 0 amide bonds. The smallest absolute Gasteiger partial charge is 0.101 e. The van der Waals surface area contributed by atoms with Crippen molar-refractivity contribution in [3.8, 4) is 6.07 Å². The van der Waals surface area contributed by atoms with Gasteiger partial charge in [0.15, 0.2) is 0 Å². The molecule has 0 spiro atoms. The standard InChI is InChI=1S/C13H15BrN2O/c1-2-17-12-6-11(7-12)16-13-4-3-10(14)5-9(13)8-15/h3-5,11-12,16H,2,6-7H2,1H3. The van der Waals surface area contributed by atoms with Crippen molar-refractivity contribution in [2.75, 3.05) is 11.9 Å². The van der Waals surface area contributed by atoms with Crippen molar-refractivity contribution in [1.82, 2.24) is 0 Å². The Kier molecular flexibility index (Phi) is 4.03. The summed E-state index contributed by atoms with van der Waals surface area (Å²) in [6, 6.07) is 8.35. The van der Waals surface area contributed by atoms with Crippen LogP contribution in [0.3, 0.4) is 0 Å². The molecule has 1 N–H and O–H groups in total. The van der Waals surface area contributed by atoms with Crippen molar-refractivity contribution in [3.63, 3.8) is 0 Å².